The number of halogens is 1. The Hall–Kier alpha value is -1.26. The molecule has 0 unspecified atom stereocenters. The Labute approximate surface area is 118 Å². The van der Waals surface area contributed by atoms with Crippen molar-refractivity contribution >= 4 is 23.2 Å². The van der Waals surface area contributed by atoms with Crippen LogP contribution < -0.4 is 16.4 Å². The maximum absolute atomic E-state index is 10.9. The molecule has 5 heteroatoms. The zero-order chi connectivity index (χ0) is 13.8. The summed E-state index contributed by atoms with van der Waals surface area (Å²) in [4.78, 5) is 13.2. The summed E-state index contributed by atoms with van der Waals surface area (Å²) >= 11 is 6.06. The molecule has 104 valence electrons. The summed E-state index contributed by atoms with van der Waals surface area (Å²) in [7, 11) is 0. The highest BCUT2D eigenvalue weighted by atomic mass is 35.5. The van der Waals surface area contributed by atoms with Gasteiger partial charge in [-0.05, 0) is 36.5 Å². The van der Waals surface area contributed by atoms with Gasteiger partial charge in [-0.25, -0.2) is 0 Å². The first-order chi connectivity index (χ1) is 9.10. The van der Waals surface area contributed by atoms with Gasteiger partial charge in [0.05, 0.1) is 0 Å². The van der Waals surface area contributed by atoms with Crippen LogP contribution in [0.5, 0.6) is 0 Å². The van der Waals surface area contributed by atoms with Crippen LogP contribution in [0.2, 0.25) is 5.02 Å². The van der Waals surface area contributed by atoms with Gasteiger partial charge < -0.3 is 16.4 Å². The summed E-state index contributed by atoms with van der Waals surface area (Å²) in [6.45, 7) is 2.35. The Balaban J connectivity index is 2.05. The van der Waals surface area contributed by atoms with Crippen LogP contribution in [0.3, 0.4) is 0 Å². The summed E-state index contributed by atoms with van der Waals surface area (Å²) in [5.74, 6) is 0.207. The van der Waals surface area contributed by atoms with E-state index < -0.39 is 0 Å². The fraction of sp³-hybridized carbons (Fsp3) is 0.500. The monoisotopic (exact) mass is 281 g/mol. The number of nitrogens with zero attached hydrogens (tertiary/aromatic N) is 1. The van der Waals surface area contributed by atoms with Crippen molar-refractivity contribution in [2.24, 2.45) is 17.4 Å². The van der Waals surface area contributed by atoms with E-state index in [1.807, 2.05) is 18.2 Å². The maximum atomic E-state index is 10.9. The number of amides is 1. The number of benzene rings is 1. The molecule has 1 heterocycles. The molecule has 2 rings (SSSR count). The number of piperidine rings is 1. The highest BCUT2D eigenvalue weighted by Gasteiger charge is 2.22. The molecular weight excluding hydrogens is 262 g/mol. The lowest BCUT2D eigenvalue weighted by Crippen LogP contribution is -2.35. The number of carbonyl (C=O) groups excluding carboxylic acids is 1. The fourth-order valence-electron chi connectivity index (χ4n) is 2.67. The largest absolute Gasteiger partial charge is 0.371 e. The Bertz CT molecular complexity index is 456. The van der Waals surface area contributed by atoms with Gasteiger partial charge in [-0.2, -0.15) is 0 Å². The van der Waals surface area contributed by atoms with Crippen molar-refractivity contribution in [3.8, 4) is 0 Å². The van der Waals surface area contributed by atoms with E-state index in [1.54, 1.807) is 0 Å². The van der Waals surface area contributed by atoms with Crippen LogP contribution in [0, 0.1) is 5.92 Å². The van der Waals surface area contributed by atoms with E-state index >= 15 is 0 Å². The van der Waals surface area contributed by atoms with Crippen LogP contribution in [0.1, 0.15) is 24.8 Å². The first kappa shape index (κ1) is 14.2. The average Bonchev–Trinajstić information content (AvgIpc) is 2.39. The molecule has 0 radical (unpaired) electrons. The van der Waals surface area contributed by atoms with Crippen molar-refractivity contribution < 1.29 is 4.79 Å². The minimum absolute atomic E-state index is 0.205. The standard InChI is InChI=1S/C14H20ClN3O/c15-12-2-1-11(9-16)13(8-12)18-5-3-10(4-6-18)7-14(17)19/h1-2,8,10H,3-7,9,16H2,(H2,17,19). The molecule has 1 saturated heterocycles. The van der Waals surface area contributed by atoms with Gasteiger partial charge >= 0.3 is 0 Å². The normalized spacial score (nSPS) is 16.6. The van der Waals surface area contributed by atoms with E-state index in [0.29, 0.717) is 18.9 Å². The van der Waals surface area contributed by atoms with Gasteiger partial charge in [0.15, 0.2) is 0 Å². The van der Waals surface area contributed by atoms with Crippen molar-refractivity contribution in [1.29, 1.82) is 0 Å². The third kappa shape index (κ3) is 3.61. The van der Waals surface area contributed by atoms with Crippen LogP contribution in [-0.4, -0.2) is 19.0 Å². The molecular formula is C14H20ClN3O. The Morgan fingerprint density at radius 1 is 1.37 bits per heavy atom. The molecule has 0 aromatic heterocycles. The molecule has 0 atom stereocenters. The molecule has 1 fully saturated rings. The summed E-state index contributed by atoms with van der Waals surface area (Å²) in [5, 5.41) is 0.728. The Morgan fingerprint density at radius 3 is 2.63 bits per heavy atom. The lowest BCUT2D eigenvalue weighted by Gasteiger charge is -2.34. The molecule has 0 spiro atoms. The molecule has 0 saturated carbocycles. The predicted octanol–water partition coefficient (Wildman–Crippen LogP) is 1.89. The molecule has 1 aliphatic heterocycles. The van der Waals surface area contributed by atoms with Crippen LogP contribution >= 0.6 is 11.6 Å². The Morgan fingerprint density at radius 2 is 2.05 bits per heavy atom. The molecule has 0 bridgehead atoms. The quantitative estimate of drug-likeness (QED) is 0.885. The molecule has 1 aliphatic rings. The number of hydrogen-bond donors (Lipinski definition) is 2. The van der Waals surface area contributed by atoms with Crippen molar-refractivity contribution in [2.75, 3.05) is 18.0 Å². The van der Waals surface area contributed by atoms with Crippen LogP contribution in [0.4, 0.5) is 5.69 Å². The second-order valence-electron chi connectivity index (χ2n) is 5.08. The van der Waals surface area contributed by atoms with E-state index in [2.05, 4.69) is 4.90 Å². The SMILES string of the molecule is NCc1ccc(Cl)cc1N1CCC(CC(N)=O)CC1. The van der Waals surface area contributed by atoms with E-state index in [1.165, 1.54) is 0 Å². The fourth-order valence-corrected chi connectivity index (χ4v) is 2.83. The molecule has 4 nitrogen and oxygen atoms in total. The number of rotatable bonds is 4. The van der Waals surface area contributed by atoms with Crippen molar-refractivity contribution in [3.05, 3.63) is 28.8 Å². The highest BCUT2D eigenvalue weighted by Crippen LogP contribution is 2.29. The minimum Gasteiger partial charge on any atom is -0.371 e. The summed E-state index contributed by atoms with van der Waals surface area (Å²) in [6.07, 6.45) is 2.46. The molecule has 0 aliphatic carbocycles. The van der Waals surface area contributed by atoms with E-state index in [4.69, 9.17) is 23.1 Å². The third-order valence-corrected chi connectivity index (χ3v) is 3.95. The van der Waals surface area contributed by atoms with Crippen LogP contribution in [0.15, 0.2) is 18.2 Å². The lowest BCUT2D eigenvalue weighted by atomic mass is 9.92. The second-order valence-corrected chi connectivity index (χ2v) is 5.51. The third-order valence-electron chi connectivity index (χ3n) is 3.71. The first-order valence-corrected chi connectivity index (χ1v) is 6.99. The maximum Gasteiger partial charge on any atom is 0.217 e. The summed E-state index contributed by atoms with van der Waals surface area (Å²) < 4.78 is 0. The van der Waals surface area contributed by atoms with Gasteiger partial charge in [-0.15, -0.1) is 0 Å². The predicted molar refractivity (Wildman–Crippen MR) is 78.1 cm³/mol. The molecule has 1 amide bonds. The Kier molecular flexibility index (Phi) is 4.66. The number of hydrogen-bond acceptors (Lipinski definition) is 3. The summed E-state index contributed by atoms with van der Waals surface area (Å²) in [5.41, 5.74) is 13.2. The number of carbonyl (C=O) groups is 1. The highest BCUT2D eigenvalue weighted by molar-refractivity contribution is 6.30. The van der Waals surface area contributed by atoms with Crippen LogP contribution in [0.25, 0.3) is 0 Å². The van der Waals surface area contributed by atoms with Gasteiger partial charge in [0.2, 0.25) is 5.91 Å². The molecule has 1 aromatic carbocycles. The second kappa shape index (κ2) is 6.26. The van der Waals surface area contributed by atoms with Gasteiger partial charge in [-0.1, -0.05) is 17.7 Å². The number of primary amides is 1. The van der Waals surface area contributed by atoms with Crippen molar-refractivity contribution in [2.45, 2.75) is 25.8 Å². The molecule has 19 heavy (non-hydrogen) atoms. The lowest BCUT2D eigenvalue weighted by molar-refractivity contribution is -0.119. The van der Waals surface area contributed by atoms with E-state index in [-0.39, 0.29) is 5.91 Å². The van der Waals surface area contributed by atoms with Gasteiger partial charge in [0.25, 0.3) is 0 Å². The number of anilines is 1. The minimum atomic E-state index is -0.205. The summed E-state index contributed by atoms with van der Waals surface area (Å²) in [6, 6.07) is 5.82. The first-order valence-electron chi connectivity index (χ1n) is 6.62. The van der Waals surface area contributed by atoms with Gasteiger partial charge in [0.1, 0.15) is 0 Å². The van der Waals surface area contributed by atoms with Crippen molar-refractivity contribution in [1.82, 2.24) is 0 Å². The van der Waals surface area contributed by atoms with Crippen molar-refractivity contribution in [3.63, 3.8) is 0 Å². The topological polar surface area (TPSA) is 72.3 Å². The smallest absolute Gasteiger partial charge is 0.217 e. The van der Waals surface area contributed by atoms with Gasteiger partial charge in [-0.3, -0.25) is 4.79 Å². The zero-order valence-electron chi connectivity index (χ0n) is 10.9. The van der Waals surface area contributed by atoms with E-state index in [0.717, 1.165) is 42.2 Å². The van der Waals surface area contributed by atoms with E-state index in [9.17, 15) is 4.79 Å². The van der Waals surface area contributed by atoms with Gasteiger partial charge in [0, 0.05) is 36.8 Å². The average molecular weight is 282 g/mol. The molecule has 1 aromatic rings. The number of nitrogens with two attached hydrogens (primary N) is 2. The molecule has 4 N–H and O–H groups in total. The zero-order valence-corrected chi connectivity index (χ0v) is 11.7. The van der Waals surface area contributed by atoms with Crippen LogP contribution in [-0.2, 0) is 11.3 Å².